The highest BCUT2D eigenvalue weighted by Gasteiger charge is 2.27. The predicted octanol–water partition coefficient (Wildman–Crippen LogP) is 3.40. The maximum absolute atomic E-state index is 12.9. The number of thioether (sulfide) groups is 1. The van der Waals surface area contributed by atoms with Gasteiger partial charge in [0.1, 0.15) is 0 Å². The number of carbonyl (C=O) groups is 1. The van der Waals surface area contributed by atoms with Gasteiger partial charge in [0.05, 0.1) is 10.6 Å². The summed E-state index contributed by atoms with van der Waals surface area (Å²) < 4.78 is 33.1. The maximum Gasteiger partial charge on any atom is 0.277 e. The van der Waals surface area contributed by atoms with Gasteiger partial charge in [0.25, 0.3) is 5.22 Å². The Morgan fingerprint density at radius 2 is 1.90 bits per heavy atom. The van der Waals surface area contributed by atoms with Gasteiger partial charge < -0.3 is 9.32 Å². The smallest absolute Gasteiger partial charge is 0.277 e. The van der Waals surface area contributed by atoms with Crippen molar-refractivity contribution in [2.75, 3.05) is 25.4 Å². The summed E-state index contributed by atoms with van der Waals surface area (Å²) in [6, 6.07) is 6.87. The molecule has 168 valence electrons. The SMILES string of the molecule is CC1CCCCN1C(=O)CSc1nnc(-c2cccc(S(=O)(=O)N3CCCCC3)c2)o1. The fourth-order valence-electron chi connectivity index (χ4n) is 4.10. The molecule has 0 bridgehead atoms. The van der Waals surface area contributed by atoms with Crippen LogP contribution in [0.3, 0.4) is 0 Å². The summed E-state index contributed by atoms with van der Waals surface area (Å²) in [6.07, 6.45) is 6.08. The van der Waals surface area contributed by atoms with E-state index in [1.54, 1.807) is 24.3 Å². The molecule has 2 fully saturated rings. The van der Waals surface area contributed by atoms with Crippen LogP contribution in [0.4, 0.5) is 0 Å². The first-order valence-electron chi connectivity index (χ1n) is 10.8. The number of hydrogen-bond acceptors (Lipinski definition) is 7. The van der Waals surface area contributed by atoms with Gasteiger partial charge in [0.2, 0.25) is 21.8 Å². The topological polar surface area (TPSA) is 96.6 Å². The van der Waals surface area contributed by atoms with E-state index >= 15 is 0 Å². The van der Waals surface area contributed by atoms with Crippen LogP contribution in [0.5, 0.6) is 0 Å². The van der Waals surface area contributed by atoms with Crippen LogP contribution in [-0.2, 0) is 14.8 Å². The number of sulfonamides is 1. The van der Waals surface area contributed by atoms with E-state index in [1.807, 2.05) is 4.90 Å². The molecular formula is C21H28N4O4S2. The number of likely N-dealkylation sites (tertiary alicyclic amines) is 1. The van der Waals surface area contributed by atoms with Crippen molar-refractivity contribution in [1.82, 2.24) is 19.4 Å². The molecule has 3 heterocycles. The van der Waals surface area contributed by atoms with Gasteiger partial charge in [0, 0.05) is 31.2 Å². The summed E-state index contributed by atoms with van der Waals surface area (Å²) in [6.45, 7) is 3.99. The zero-order valence-corrected chi connectivity index (χ0v) is 19.3. The van der Waals surface area contributed by atoms with Gasteiger partial charge >= 0.3 is 0 Å². The lowest BCUT2D eigenvalue weighted by molar-refractivity contribution is -0.131. The van der Waals surface area contributed by atoms with Crippen LogP contribution in [0.15, 0.2) is 38.8 Å². The number of benzene rings is 1. The third kappa shape index (κ3) is 5.12. The predicted molar refractivity (Wildman–Crippen MR) is 118 cm³/mol. The lowest BCUT2D eigenvalue weighted by Gasteiger charge is -2.33. The van der Waals surface area contributed by atoms with E-state index in [4.69, 9.17) is 4.42 Å². The fraction of sp³-hybridized carbons (Fsp3) is 0.571. The number of nitrogens with zero attached hydrogens (tertiary/aromatic N) is 4. The molecule has 0 radical (unpaired) electrons. The molecule has 4 rings (SSSR count). The molecule has 2 aliphatic heterocycles. The molecule has 1 amide bonds. The highest BCUT2D eigenvalue weighted by atomic mass is 32.2. The lowest BCUT2D eigenvalue weighted by atomic mass is 10.0. The Labute approximate surface area is 187 Å². The Hall–Kier alpha value is -1.91. The quantitative estimate of drug-likeness (QED) is 0.605. The third-order valence-corrected chi connectivity index (χ3v) is 8.58. The highest BCUT2D eigenvalue weighted by molar-refractivity contribution is 7.99. The van der Waals surface area contributed by atoms with E-state index in [1.165, 1.54) is 16.1 Å². The van der Waals surface area contributed by atoms with Gasteiger partial charge in [-0.3, -0.25) is 4.79 Å². The molecule has 8 nitrogen and oxygen atoms in total. The van der Waals surface area contributed by atoms with E-state index in [9.17, 15) is 13.2 Å². The van der Waals surface area contributed by atoms with Crippen molar-refractivity contribution in [1.29, 1.82) is 0 Å². The van der Waals surface area contributed by atoms with Crippen LogP contribution < -0.4 is 0 Å². The van der Waals surface area contributed by atoms with Gasteiger partial charge in [-0.1, -0.05) is 24.2 Å². The van der Waals surface area contributed by atoms with Crippen LogP contribution in [0, 0.1) is 0 Å². The van der Waals surface area contributed by atoms with Crippen molar-refractivity contribution in [2.24, 2.45) is 0 Å². The van der Waals surface area contributed by atoms with E-state index in [0.29, 0.717) is 23.9 Å². The van der Waals surface area contributed by atoms with E-state index in [2.05, 4.69) is 17.1 Å². The molecule has 0 aliphatic carbocycles. The zero-order valence-electron chi connectivity index (χ0n) is 17.7. The zero-order chi connectivity index (χ0) is 21.8. The Kier molecular flexibility index (Phi) is 6.98. The van der Waals surface area contributed by atoms with Crippen molar-refractivity contribution < 1.29 is 17.6 Å². The van der Waals surface area contributed by atoms with Gasteiger partial charge in [-0.2, -0.15) is 4.31 Å². The molecular weight excluding hydrogens is 436 g/mol. The minimum absolute atomic E-state index is 0.0755. The van der Waals surface area contributed by atoms with Crippen molar-refractivity contribution >= 4 is 27.7 Å². The second-order valence-corrected chi connectivity index (χ2v) is 11.0. The molecule has 1 aromatic heterocycles. The largest absolute Gasteiger partial charge is 0.411 e. The number of piperidine rings is 2. The van der Waals surface area contributed by atoms with E-state index in [0.717, 1.165) is 45.1 Å². The van der Waals surface area contributed by atoms with Gasteiger partial charge in [-0.05, 0) is 57.2 Å². The molecule has 2 aliphatic rings. The van der Waals surface area contributed by atoms with Gasteiger partial charge in [0.15, 0.2) is 0 Å². The Balaban J connectivity index is 1.43. The third-order valence-electron chi connectivity index (χ3n) is 5.88. The number of amides is 1. The molecule has 2 saturated heterocycles. The van der Waals surface area contributed by atoms with Crippen molar-refractivity contribution in [3.8, 4) is 11.5 Å². The molecule has 2 aromatic rings. The van der Waals surface area contributed by atoms with Crippen LogP contribution in [0.1, 0.15) is 45.4 Å². The molecule has 31 heavy (non-hydrogen) atoms. The van der Waals surface area contributed by atoms with Crippen LogP contribution >= 0.6 is 11.8 Å². The normalized spacial score (nSPS) is 20.7. The van der Waals surface area contributed by atoms with E-state index < -0.39 is 10.0 Å². The Bertz CT molecular complexity index is 1020. The summed E-state index contributed by atoms with van der Waals surface area (Å²) in [5.74, 6) is 0.568. The molecule has 0 saturated carbocycles. The molecule has 0 spiro atoms. The maximum atomic E-state index is 12.9. The number of hydrogen-bond donors (Lipinski definition) is 0. The molecule has 1 unspecified atom stereocenters. The number of rotatable bonds is 6. The molecule has 0 N–H and O–H groups in total. The highest BCUT2D eigenvalue weighted by Crippen LogP contribution is 2.28. The summed E-state index contributed by atoms with van der Waals surface area (Å²) in [7, 11) is -3.54. The van der Waals surface area contributed by atoms with E-state index in [-0.39, 0.29) is 28.5 Å². The first-order chi connectivity index (χ1) is 14.9. The van der Waals surface area contributed by atoms with Crippen molar-refractivity contribution in [3.63, 3.8) is 0 Å². The Morgan fingerprint density at radius 3 is 2.68 bits per heavy atom. The number of carbonyl (C=O) groups excluding carboxylic acids is 1. The summed E-state index contributed by atoms with van der Waals surface area (Å²) in [5.41, 5.74) is 0.549. The van der Waals surface area contributed by atoms with Gasteiger partial charge in [-0.25, -0.2) is 8.42 Å². The Morgan fingerprint density at radius 1 is 1.13 bits per heavy atom. The minimum atomic E-state index is -3.54. The average Bonchev–Trinajstić information content (AvgIpc) is 3.28. The first-order valence-corrected chi connectivity index (χ1v) is 13.2. The van der Waals surface area contributed by atoms with Crippen molar-refractivity contribution in [3.05, 3.63) is 24.3 Å². The second kappa shape index (κ2) is 9.70. The fourth-order valence-corrected chi connectivity index (χ4v) is 6.32. The summed E-state index contributed by atoms with van der Waals surface area (Å²) in [5, 5.41) is 8.39. The van der Waals surface area contributed by atoms with Crippen LogP contribution in [-0.4, -0.2) is 65.2 Å². The monoisotopic (exact) mass is 464 g/mol. The molecule has 1 atom stereocenters. The molecule has 1 aromatic carbocycles. The lowest BCUT2D eigenvalue weighted by Crippen LogP contribution is -2.42. The number of aromatic nitrogens is 2. The standard InChI is InChI=1S/C21H28N4O4S2/c1-16-8-3-6-13-25(16)19(26)15-30-21-23-22-20(29-21)17-9-7-10-18(14-17)31(27,28)24-11-4-2-5-12-24/h7,9-10,14,16H,2-6,8,11-13,15H2,1H3. The molecule has 10 heteroatoms. The van der Waals surface area contributed by atoms with Crippen molar-refractivity contribution in [2.45, 2.75) is 61.6 Å². The summed E-state index contributed by atoms with van der Waals surface area (Å²) in [4.78, 5) is 14.7. The van der Waals surface area contributed by atoms with Crippen LogP contribution in [0.2, 0.25) is 0 Å². The average molecular weight is 465 g/mol. The first kappa shape index (κ1) is 22.3. The van der Waals surface area contributed by atoms with Gasteiger partial charge in [-0.15, -0.1) is 10.2 Å². The minimum Gasteiger partial charge on any atom is -0.411 e. The second-order valence-electron chi connectivity index (χ2n) is 8.09. The van der Waals surface area contributed by atoms with Crippen LogP contribution in [0.25, 0.3) is 11.5 Å². The summed E-state index contributed by atoms with van der Waals surface area (Å²) >= 11 is 1.21.